The molecule has 1 aromatic heterocycles. The number of nitrogens with two attached hydrogens (primary N) is 1. The number of hydrogen-bond donors (Lipinski definition) is 1. The molecule has 1 aromatic carbocycles. The molecule has 5 heteroatoms. The number of nitrogens with zero attached hydrogens (tertiary/aromatic N) is 3. The molecule has 5 nitrogen and oxygen atoms in total. The fraction of sp³-hybridized carbons (Fsp3) is 0.500. The van der Waals surface area contributed by atoms with Crippen LogP contribution >= 0.6 is 0 Å². The summed E-state index contributed by atoms with van der Waals surface area (Å²) in [6.45, 7) is 4.11. The Morgan fingerprint density at radius 3 is 2.76 bits per heavy atom. The minimum Gasteiger partial charge on any atom is -0.368 e. The molecule has 0 saturated carbocycles. The number of aromatic nitrogens is 1. The SMILES string of the molecule is NC(=O)C1CCCN1C1CCN(Cc2cnc3ccccc3c2)CC1. The summed E-state index contributed by atoms with van der Waals surface area (Å²) in [5.74, 6) is -0.151. The van der Waals surface area contributed by atoms with Crippen molar-refractivity contribution in [1.82, 2.24) is 14.8 Å². The number of piperidine rings is 1. The Bertz CT molecular complexity index is 754. The molecule has 0 spiro atoms. The summed E-state index contributed by atoms with van der Waals surface area (Å²) in [7, 11) is 0. The maximum atomic E-state index is 11.6. The lowest BCUT2D eigenvalue weighted by Crippen LogP contribution is -2.50. The van der Waals surface area contributed by atoms with Crippen molar-refractivity contribution >= 4 is 16.8 Å². The molecule has 1 atom stereocenters. The van der Waals surface area contributed by atoms with Crippen LogP contribution in [0.1, 0.15) is 31.2 Å². The van der Waals surface area contributed by atoms with E-state index in [1.807, 2.05) is 12.3 Å². The summed E-state index contributed by atoms with van der Waals surface area (Å²) in [6, 6.07) is 11.0. The third-order valence-corrected chi connectivity index (χ3v) is 5.70. The van der Waals surface area contributed by atoms with Crippen LogP contribution in [0.25, 0.3) is 10.9 Å². The highest BCUT2D eigenvalue weighted by molar-refractivity contribution is 5.80. The Kier molecular flexibility index (Phi) is 4.68. The van der Waals surface area contributed by atoms with Crippen LogP contribution in [-0.4, -0.2) is 52.4 Å². The first kappa shape index (κ1) is 16.5. The van der Waals surface area contributed by atoms with Crippen LogP contribution in [0.3, 0.4) is 0 Å². The molecule has 1 amide bonds. The van der Waals surface area contributed by atoms with E-state index in [9.17, 15) is 4.79 Å². The van der Waals surface area contributed by atoms with Gasteiger partial charge in [0.05, 0.1) is 11.6 Å². The minimum atomic E-state index is -0.151. The van der Waals surface area contributed by atoms with Crippen LogP contribution in [0.2, 0.25) is 0 Å². The van der Waals surface area contributed by atoms with Crippen LogP contribution in [0.15, 0.2) is 36.5 Å². The predicted octanol–water partition coefficient (Wildman–Crippen LogP) is 2.15. The first-order valence-electron chi connectivity index (χ1n) is 9.32. The molecule has 2 aliphatic heterocycles. The third kappa shape index (κ3) is 3.53. The van der Waals surface area contributed by atoms with Crippen molar-refractivity contribution in [1.29, 1.82) is 0 Å². The van der Waals surface area contributed by atoms with E-state index in [0.29, 0.717) is 6.04 Å². The summed E-state index contributed by atoms with van der Waals surface area (Å²) in [5.41, 5.74) is 7.90. The van der Waals surface area contributed by atoms with Crippen molar-refractivity contribution in [2.75, 3.05) is 19.6 Å². The number of amides is 1. The Hall–Kier alpha value is -1.98. The van der Waals surface area contributed by atoms with E-state index >= 15 is 0 Å². The van der Waals surface area contributed by atoms with Gasteiger partial charge in [0.2, 0.25) is 5.91 Å². The standard InChI is InChI=1S/C20H26N4O/c21-20(25)19-6-3-9-24(19)17-7-10-23(11-8-17)14-15-12-16-4-1-2-5-18(16)22-13-15/h1-2,4-5,12-13,17,19H,3,6-11,14H2,(H2,21,25). The normalized spacial score (nSPS) is 23.3. The van der Waals surface area contributed by atoms with Gasteiger partial charge in [0, 0.05) is 24.2 Å². The van der Waals surface area contributed by atoms with Crippen molar-refractivity contribution in [3.05, 3.63) is 42.1 Å². The molecular weight excluding hydrogens is 312 g/mol. The maximum Gasteiger partial charge on any atom is 0.234 e. The molecule has 4 rings (SSSR count). The highest BCUT2D eigenvalue weighted by Crippen LogP contribution is 2.26. The second-order valence-electron chi connectivity index (χ2n) is 7.34. The van der Waals surface area contributed by atoms with Crippen molar-refractivity contribution in [2.45, 2.75) is 44.3 Å². The second-order valence-corrected chi connectivity index (χ2v) is 7.34. The van der Waals surface area contributed by atoms with Gasteiger partial charge in [-0.25, -0.2) is 0 Å². The van der Waals surface area contributed by atoms with Gasteiger partial charge in [-0.3, -0.25) is 19.6 Å². The number of benzene rings is 1. The summed E-state index contributed by atoms with van der Waals surface area (Å²) in [4.78, 5) is 21.1. The van der Waals surface area contributed by atoms with Gasteiger partial charge in [-0.1, -0.05) is 18.2 Å². The van der Waals surface area contributed by atoms with Gasteiger partial charge in [0.1, 0.15) is 0 Å². The van der Waals surface area contributed by atoms with Gasteiger partial charge in [0.25, 0.3) is 0 Å². The van der Waals surface area contributed by atoms with Crippen LogP contribution in [-0.2, 0) is 11.3 Å². The van der Waals surface area contributed by atoms with E-state index in [4.69, 9.17) is 5.73 Å². The third-order valence-electron chi connectivity index (χ3n) is 5.70. The summed E-state index contributed by atoms with van der Waals surface area (Å²) in [6.07, 6.45) is 6.25. The van der Waals surface area contributed by atoms with Crippen LogP contribution < -0.4 is 5.73 Å². The molecule has 2 N–H and O–H groups in total. The maximum absolute atomic E-state index is 11.6. The lowest BCUT2D eigenvalue weighted by atomic mass is 10.0. The number of primary amides is 1. The quantitative estimate of drug-likeness (QED) is 0.928. The first-order valence-corrected chi connectivity index (χ1v) is 9.32. The molecule has 2 aliphatic rings. The van der Waals surface area contributed by atoms with Gasteiger partial charge < -0.3 is 5.73 Å². The monoisotopic (exact) mass is 338 g/mol. The number of carbonyl (C=O) groups excluding carboxylic acids is 1. The molecule has 2 aromatic rings. The van der Waals surface area contributed by atoms with Gasteiger partial charge >= 0.3 is 0 Å². The van der Waals surface area contributed by atoms with Gasteiger partial charge in [-0.05, 0) is 63.0 Å². The fourth-order valence-corrected chi connectivity index (χ4v) is 4.40. The fourth-order valence-electron chi connectivity index (χ4n) is 4.40. The van der Waals surface area contributed by atoms with E-state index < -0.39 is 0 Å². The van der Waals surface area contributed by atoms with E-state index in [1.54, 1.807) is 0 Å². The zero-order valence-corrected chi connectivity index (χ0v) is 14.6. The topological polar surface area (TPSA) is 62.5 Å². The Morgan fingerprint density at radius 2 is 1.96 bits per heavy atom. The summed E-state index contributed by atoms with van der Waals surface area (Å²) in [5, 5.41) is 1.20. The van der Waals surface area contributed by atoms with Crippen molar-refractivity contribution in [3.63, 3.8) is 0 Å². The molecule has 1 unspecified atom stereocenters. The minimum absolute atomic E-state index is 0.0405. The molecule has 2 saturated heterocycles. The van der Waals surface area contributed by atoms with Gasteiger partial charge in [-0.15, -0.1) is 0 Å². The zero-order chi connectivity index (χ0) is 17.2. The Labute approximate surface area is 148 Å². The van der Waals surface area contributed by atoms with Crippen molar-refractivity contribution < 1.29 is 4.79 Å². The number of pyridine rings is 1. The molecular formula is C20H26N4O. The molecule has 0 bridgehead atoms. The predicted molar refractivity (Wildman–Crippen MR) is 99.0 cm³/mol. The lowest BCUT2D eigenvalue weighted by Gasteiger charge is -2.38. The highest BCUT2D eigenvalue weighted by atomic mass is 16.1. The number of fused-ring (bicyclic) bond motifs is 1. The van der Waals surface area contributed by atoms with E-state index in [0.717, 1.165) is 57.4 Å². The number of rotatable bonds is 4. The highest BCUT2D eigenvalue weighted by Gasteiger charge is 2.35. The Balaban J connectivity index is 1.36. The number of para-hydroxylation sites is 1. The summed E-state index contributed by atoms with van der Waals surface area (Å²) >= 11 is 0. The smallest absolute Gasteiger partial charge is 0.234 e. The summed E-state index contributed by atoms with van der Waals surface area (Å²) < 4.78 is 0. The molecule has 25 heavy (non-hydrogen) atoms. The lowest BCUT2D eigenvalue weighted by molar-refractivity contribution is -0.123. The largest absolute Gasteiger partial charge is 0.368 e. The van der Waals surface area contributed by atoms with Crippen molar-refractivity contribution in [2.24, 2.45) is 5.73 Å². The van der Waals surface area contributed by atoms with Crippen LogP contribution in [0.5, 0.6) is 0 Å². The molecule has 132 valence electrons. The van der Waals surface area contributed by atoms with Gasteiger partial charge in [0.15, 0.2) is 0 Å². The first-order chi connectivity index (χ1) is 12.2. The number of likely N-dealkylation sites (tertiary alicyclic amines) is 2. The van der Waals surface area contributed by atoms with Gasteiger partial charge in [-0.2, -0.15) is 0 Å². The van der Waals surface area contributed by atoms with E-state index in [-0.39, 0.29) is 11.9 Å². The number of hydrogen-bond acceptors (Lipinski definition) is 4. The zero-order valence-electron chi connectivity index (χ0n) is 14.6. The second kappa shape index (κ2) is 7.10. The average Bonchev–Trinajstić information content (AvgIpc) is 3.12. The van der Waals surface area contributed by atoms with Crippen molar-refractivity contribution in [3.8, 4) is 0 Å². The average molecular weight is 338 g/mol. The molecule has 2 fully saturated rings. The molecule has 0 radical (unpaired) electrons. The van der Waals surface area contributed by atoms with Crippen LogP contribution in [0, 0.1) is 0 Å². The molecule has 3 heterocycles. The molecule has 0 aliphatic carbocycles. The number of carbonyl (C=O) groups is 1. The van der Waals surface area contributed by atoms with Crippen LogP contribution in [0.4, 0.5) is 0 Å². The van der Waals surface area contributed by atoms with E-state index in [2.05, 4.69) is 39.0 Å². The van der Waals surface area contributed by atoms with E-state index in [1.165, 1.54) is 10.9 Å². The Morgan fingerprint density at radius 1 is 1.16 bits per heavy atom.